The lowest BCUT2D eigenvalue weighted by Crippen LogP contribution is -2.40. The lowest BCUT2D eigenvalue weighted by atomic mass is 9.89. The predicted molar refractivity (Wildman–Crippen MR) is 121 cm³/mol. The molecule has 1 fully saturated rings. The van der Waals surface area contributed by atoms with E-state index in [9.17, 15) is 9.18 Å². The van der Waals surface area contributed by atoms with E-state index >= 15 is 0 Å². The molecule has 1 aliphatic rings. The highest BCUT2D eigenvalue weighted by molar-refractivity contribution is 7.09. The zero-order valence-corrected chi connectivity index (χ0v) is 18.8. The van der Waals surface area contributed by atoms with E-state index < -0.39 is 0 Å². The molecule has 1 aromatic carbocycles. The van der Waals surface area contributed by atoms with Gasteiger partial charge >= 0.3 is 0 Å². The van der Waals surface area contributed by atoms with E-state index in [1.807, 2.05) is 42.3 Å². The fourth-order valence-corrected chi connectivity index (χ4v) is 4.59. The van der Waals surface area contributed by atoms with Crippen molar-refractivity contribution in [3.63, 3.8) is 0 Å². The lowest BCUT2D eigenvalue weighted by molar-refractivity contribution is -0.131. The molecule has 8 heteroatoms. The number of carbonyl (C=O) groups is 1. The summed E-state index contributed by atoms with van der Waals surface area (Å²) in [5, 5.41) is 2.92. The molecule has 0 bridgehead atoms. The molecule has 1 amide bonds. The fourth-order valence-electron chi connectivity index (χ4n) is 3.97. The maximum Gasteiger partial charge on any atom is 0.228 e. The number of amides is 1. The topological polar surface area (TPSA) is 62.2 Å². The number of likely N-dealkylation sites (tertiary alicyclic amines) is 1. The molecule has 1 aliphatic heterocycles. The standard InChI is InChI=1S/C23H26FN5OS/c1-15-26-19(14-31-15)11-21(30)29-9-5-7-17(13-29)22-20(12-25-23(27-22)28(2)3)16-6-4-8-18(24)10-16/h4,6,8,10,12,14,17H,5,7,9,11,13H2,1-3H3/t17-/m1/s1. The van der Waals surface area contributed by atoms with Crippen molar-refractivity contribution in [2.24, 2.45) is 0 Å². The number of halogens is 1. The lowest BCUT2D eigenvalue weighted by Gasteiger charge is -2.33. The van der Waals surface area contributed by atoms with Gasteiger partial charge in [0.1, 0.15) is 5.82 Å². The van der Waals surface area contributed by atoms with Crippen LogP contribution >= 0.6 is 11.3 Å². The van der Waals surface area contributed by atoms with E-state index in [0.29, 0.717) is 18.9 Å². The third kappa shape index (κ3) is 4.90. The quantitative estimate of drug-likeness (QED) is 0.600. The third-order valence-corrected chi connectivity index (χ3v) is 6.32. The molecule has 6 nitrogen and oxygen atoms in total. The van der Waals surface area contributed by atoms with E-state index in [4.69, 9.17) is 4.98 Å². The number of hydrogen-bond donors (Lipinski definition) is 0. The third-order valence-electron chi connectivity index (χ3n) is 5.50. The number of hydrogen-bond acceptors (Lipinski definition) is 6. The molecule has 0 aliphatic carbocycles. The number of benzene rings is 1. The summed E-state index contributed by atoms with van der Waals surface area (Å²) < 4.78 is 13.9. The Kier molecular flexibility index (Phi) is 6.27. The molecular formula is C23H26FN5OS. The highest BCUT2D eigenvalue weighted by Crippen LogP contribution is 2.34. The summed E-state index contributed by atoms with van der Waals surface area (Å²) in [4.78, 5) is 30.4. The van der Waals surface area contributed by atoms with Crippen molar-refractivity contribution in [2.75, 3.05) is 32.1 Å². The second-order valence-electron chi connectivity index (χ2n) is 8.09. The number of thiazole rings is 1. The molecule has 31 heavy (non-hydrogen) atoms. The monoisotopic (exact) mass is 439 g/mol. The summed E-state index contributed by atoms with van der Waals surface area (Å²) >= 11 is 1.56. The van der Waals surface area contributed by atoms with Gasteiger partial charge in [-0.3, -0.25) is 4.79 Å². The number of rotatable bonds is 5. The van der Waals surface area contributed by atoms with Gasteiger partial charge in [-0.05, 0) is 37.5 Å². The van der Waals surface area contributed by atoms with Gasteiger partial charge in [0.15, 0.2) is 0 Å². The highest BCUT2D eigenvalue weighted by atomic mass is 32.1. The molecule has 0 spiro atoms. The van der Waals surface area contributed by atoms with Crippen LogP contribution in [-0.2, 0) is 11.2 Å². The number of carbonyl (C=O) groups excluding carboxylic acids is 1. The molecule has 0 radical (unpaired) electrons. The van der Waals surface area contributed by atoms with Crippen LogP contribution < -0.4 is 4.90 Å². The Morgan fingerprint density at radius 3 is 2.87 bits per heavy atom. The van der Waals surface area contributed by atoms with Crippen molar-refractivity contribution in [3.8, 4) is 11.1 Å². The highest BCUT2D eigenvalue weighted by Gasteiger charge is 2.28. The SMILES string of the molecule is Cc1nc(CC(=O)N2CCC[C@@H](c3nc(N(C)C)ncc3-c3cccc(F)c3)C2)cs1. The van der Waals surface area contributed by atoms with Crippen molar-refractivity contribution >= 4 is 23.2 Å². The van der Waals surface area contributed by atoms with Gasteiger partial charge in [0.2, 0.25) is 11.9 Å². The molecule has 3 heterocycles. The van der Waals surface area contributed by atoms with Crippen LogP contribution in [0.1, 0.15) is 35.2 Å². The fraction of sp³-hybridized carbons (Fsp3) is 0.391. The molecular weight excluding hydrogens is 413 g/mol. The van der Waals surface area contributed by atoms with Crippen LogP contribution in [0, 0.1) is 12.7 Å². The number of nitrogens with zero attached hydrogens (tertiary/aromatic N) is 5. The molecule has 1 saturated heterocycles. The van der Waals surface area contributed by atoms with Gasteiger partial charge in [-0.2, -0.15) is 0 Å². The molecule has 162 valence electrons. The molecule has 0 N–H and O–H groups in total. The Morgan fingerprint density at radius 2 is 2.16 bits per heavy atom. The summed E-state index contributed by atoms with van der Waals surface area (Å²) in [5.74, 6) is 0.467. The molecule has 3 aromatic rings. The molecule has 2 aromatic heterocycles. The van der Waals surface area contributed by atoms with E-state index in [1.165, 1.54) is 12.1 Å². The second kappa shape index (κ2) is 9.09. The van der Waals surface area contributed by atoms with Crippen molar-refractivity contribution in [2.45, 2.75) is 32.1 Å². The zero-order valence-electron chi connectivity index (χ0n) is 18.0. The van der Waals surface area contributed by atoms with Gasteiger partial charge in [-0.1, -0.05) is 12.1 Å². The number of aryl methyl sites for hydroxylation is 1. The Hall–Kier alpha value is -2.87. The van der Waals surface area contributed by atoms with Crippen LogP contribution in [0.4, 0.5) is 10.3 Å². The molecule has 1 atom stereocenters. The maximum atomic E-state index is 13.9. The first-order valence-corrected chi connectivity index (χ1v) is 11.3. The average molecular weight is 440 g/mol. The van der Waals surface area contributed by atoms with Crippen LogP contribution in [-0.4, -0.2) is 52.9 Å². The van der Waals surface area contributed by atoms with Crippen LogP contribution in [0.15, 0.2) is 35.8 Å². The van der Waals surface area contributed by atoms with E-state index in [-0.39, 0.29) is 17.6 Å². The van der Waals surface area contributed by atoms with Crippen molar-refractivity contribution in [3.05, 3.63) is 58.1 Å². The van der Waals surface area contributed by atoms with Gasteiger partial charge < -0.3 is 9.80 Å². The predicted octanol–water partition coefficient (Wildman–Crippen LogP) is 4.06. The second-order valence-corrected chi connectivity index (χ2v) is 9.15. The van der Waals surface area contributed by atoms with Gasteiger partial charge in [0.25, 0.3) is 0 Å². The van der Waals surface area contributed by atoms with Crippen LogP contribution in [0.3, 0.4) is 0 Å². The van der Waals surface area contributed by atoms with Gasteiger partial charge in [-0.15, -0.1) is 11.3 Å². The largest absolute Gasteiger partial charge is 0.347 e. The Balaban J connectivity index is 1.62. The average Bonchev–Trinajstić information content (AvgIpc) is 3.17. The maximum absolute atomic E-state index is 13.9. The van der Waals surface area contributed by atoms with Crippen LogP contribution in [0.25, 0.3) is 11.1 Å². The van der Waals surface area contributed by atoms with Crippen LogP contribution in [0.5, 0.6) is 0 Å². The summed E-state index contributed by atoms with van der Waals surface area (Å²) in [6.45, 7) is 3.27. The summed E-state index contributed by atoms with van der Waals surface area (Å²) in [6.07, 6.45) is 3.91. The van der Waals surface area contributed by atoms with Crippen molar-refractivity contribution in [1.82, 2.24) is 19.9 Å². The minimum atomic E-state index is -0.292. The first-order chi connectivity index (χ1) is 14.9. The number of anilines is 1. The minimum absolute atomic E-state index is 0.0647. The summed E-state index contributed by atoms with van der Waals surface area (Å²) in [7, 11) is 3.79. The first-order valence-electron chi connectivity index (χ1n) is 10.4. The summed E-state index contributed by atoms with van der Waals surface area (Å²) in [5.41, 5.74) is 3.26. The van der Waals surface area contributed by atoms with E-state index in [0.717, 1.165) is 46.9 Å². The van der Waals surface area contributed by atoms with Crippen molar-refractivity contribution in [1.29, 1.82) is 0 Å². The molecule has 4 rings (SSSR count). The Morgan fingerprint density at radius 1 is 1.32 bits per heavy atom. The van der Waals surface area contributed by atoms with Crippen LogP contribution in [0.2, 0.25) is 0 Å². The summed E-state index contributed by atoms with van der Waals surface area (Å²) in [6, 6.07) is 6.50. The zero-order chi connectivity index (χ0) is 22.0. The number of piperidine rings is 1. The number of aromatic nitrogens is 3. The first kappa shape index (κ1) is 21.4. The van der Waals surface area contributed by atoms with E-state index in [2.05, 4.69) is 9.97 Å². The Labute approximate surface area is 185 Å². The van der Waals surface area contributed by atoms with Gasteiger partial charge in [0, 0.05) is 50.2 Å². The minimum Gasteiger partial charge on any atom is -0.347 e. The Bertz CT molecular complexity index is 1080. The van der Waals surface area contributed by atoms with Crippen molar-refractivity contribution < 1.29 is 9.18 Å². The normalized spacial score (nSPS) is 16.4. The van der Waals surface area contributed by atoms with Gasteiger partial charge in [0.05, 0.1) is 22.8 Å². The molecule has 0 unspecified atom stereocenters. The van der Waals surface area contributed by atoms with E-state index in [1.54, 1.807) is 23.6 Å². The smallest absolute Gasteiger partial charge is 0.228 e. The molecule has 0 saturated carbocycles. The van der Waals surface area contributed by atoms with Gasteiger partial charge in [-0.25, -0.2) is 19.3 Å².